The van der Waals surface area contributed by atoms with Gasteiger partial charge in [-0.25, -0.2) is 17.8 Å². The van der Waals surface area contributed by atoms with E-state index in [0.717, 1.165) is 17.1 Å². The fourth-order valence-electron chi connectivity index (χ4n) is 3.01. The Morgan fingerprint density at radius 1 is 0.963 bits per heavy atom. The highest BCUT2D eigenvalue weighted by atomic mass is 32.2. The monoisotopic (exact) mass is 381 g/mol. The number of fused-ring (bicyclic) bond motifs is 1. The van der Waals surface area contributed by atoms with Gasteiger partial charge in [0.1, 0.15) is 16.5 Å². The van der Waals surface area contributed by atoms with E-state index in [1.54, 1.807) is 37.3 Å². The lowest BCUT2D eigenvalue weighted by Crippen LogP contribution is -2.16. The fraction of sp³-hybridized carbons (Fsp3) is 0.0500. The number of H-pyrrole nitrogens is 1. The Hall–Kier alpha value is -3.19. The van der Waals surface area contributed by atoms with Crippen LogP contribution in [-0.4, -0.2) is 18.4 Å². The third-order valence-electron chi connectivity index (χ3n) is 4.25. The number of aromatic amines is 1. The normalized spacial score (nSPS) is 11.6. The second-order valence-corrected chi connectivity index (χ2v) is 7.76. The molecule has 7 heteroatoms. The summed E-state index contributed by atoms with van der Waals surface area (Å²) in [5.74, 6) is -0.261. The van der Waals surface area contributed by atoms with E-state index in [1.807, 2.05) is 24.3 Å². The van der Waals surface area contributed by atoms with Crippen molar-refractivity contribution in [3.8, 4) is 11.4 Å². The summed E-state index contributed by atoms with van der Waals surface area (Å²) in [4.78, 5) is 7.34. The molecule has 4 aromatic rings. The van der Waals surface area contributed by atoms with Crippen molar-refractivity contribution < 1.29 is 12.8 Å². The van der Waals surface area contributed by atoms with E-state index in [4.69, 9.17) is 0 Å². The number of aryl methyl sites for hydroxylation is 1. The molecule has 0 aliphatic heterocycles. The van der Waals surface area contributed by atoms with Gasteiger partial charge >= 0.3 is 0 Å². The van der Waals surface area contributed by atoms with Crippen molar-refractivity contribution in [3.63, 3.8) is 0 Å². The molecule has 1 aromatic heterocycles. The molecule has 5 nitrogen and oxygen atoms in total. The molecule has 0 radical (unpaired) electrons. The minimum Gasteiger partial charge on any atom is -0.338 e. The molecule has 0 aliphatic rings. The highest BCUT2D eigenvalue weighted by molar-refractivity contribution is 7.92. The van der Waals surface area contributed by atoms with Gasteiger partial charge in [-0.3, -0.25) is 4.72 Å². The Morgan fingerprint density at radius 2 is 1.70 bits per heavy atom. The molecule has 27 heavy (non-hydrogen) atoms. The summed E-state index contributed by atoms with van der Waals surface area (Å²) in [5, 5.41) is 0. The number of benzene rings is 3. The molecule has 0 saturated carbocycles. The second-order valence-electron chi connectivity index (χ2n) is 6.14. The van der Waals surface area contributed by atoms with E-state index in [0.29, 0.717) is 22.6 Å². The molecular formula is C20H16FN3O2S. The molecule has 0 amide bonds. The van der Waals surface area contributed by atoms with Crippen LogP contribution >= 0.6 is 0 Å². The van der Waals surface area contributed by atoms with E-state index >= 15 is 0 Å². The van der Waals surface area contributed by atoms with Crippen LogP contribution in [0.15, 0.2) is 71.6 Å². The number of aromatic nitrogens is 2. The average Bonchev–Trinajstić information content (AvgIpc) is 3.05. The highest BCUT2D eigenvalue weighted by Crippen LogP contribution is 2.30. The van der Waals surface area contributed by atoms with Crippen LogP contribution in [-0.2, 0) is 10.0 Å². The van der Waals surface area contributed by atoms with E-state index in [1.165, 1.54) is 6.07 Å². The van der Waals surface area contributed by atoms with Gasteiger partial charge in [-0.2, -0.15) is 0 Å². The first-order valence-corrected chi connectivity index (χ1v) is 9.76. The van der Waals surface area contributed by atoms with Gasteiger partial charge in [0.25, 0.3) is 10.0 Å². The first kappa shape index (κ1) is 17.2. The summed E-state index contributed by atoms with van der Waals surface area (Å²) >= 11 is 0. The molecule has 136 valence electrons. The predicted molar refractivity (Wildman–Crippen MR) is 103 cm³/mol. The number of anilines is 1. The lowest BCUT2D eigenvalue weighted by atomic mass is 10.2. The van der Waals surface area contributed by atoms with Crippen molar-refractivity contribution in [3.05, 3.63) is 78.1 Å². The van der Waals surface area contributed by atoms with Crippen LogP contribution < -0.4 is 4.72 Å². The molecule has 0 fully saturated rings. The van der Waals surface area contributed by atoms with E-state index in [-0.39, 0.29) is 4.90 Å². The number of hydrogen-bond donors (Lipinski definition) is 2. The summed E-state index contributed by atoms with van der Waals surface area (Å²) in [5.41, 5.74) is 2.85. The fourth-order valence-corrected chi connectivity index (χ4v) is 4.40. The number of sulfonamides is 1. The molecule has 0 bridgehead atoms. The van der Waals surface area contributed by atoms with Crippen LogP contribution in [0.25, 0.3) is 22.4 Å². The van der Waals surface area contributed by atoms with Gasteiger partial charge < -0.3 is 4.98 Å². The van der Waals surface area contributed by atoms with E-state index < -0.39 is 15.8 Å². The van der Waals surface area contributed by atoms with Gasteiger partial charge in [0, 0.05) is 5.56 Å². The maximum Gasteiger partial charge on any atom is 0.265 e. The number of nitrogens with zero attached hydrogens (tertiary/aromatic N) is 1. The van der Waals surface area contributed by atoms with Crippen molar-refractivity contribution in [2.24, 2.45) is 0 Å². The van der Waals surface area contributed by atoms with Crippen molar-refractivity contribution in [1.29, 1.82) is 0 Å². The molecule has 4 rings (SSSR count). The smallest absolute Gasteiger partial charge is 0.265 e. The van der Waals surface area contributed by atoms with Gasteiger partial charge in [0.2, 0.25) is 0 Å². The highest BCUT2D eigenvalue weighted by Gasteiger charge is 2.23. The van der Waals surface area contributed by atoms with Crippen LogP contribution in [0.4, 0.5) is 10.1 Å². The van der Waals surface area contributed by atoms with E-state index in [2.05, 4.69) is 14.7 Å². The standard InChI is InChI=1S/C20H16FN3O2S/c1-13-7-6-9-15(21)19(13)27(25,26)24-16-10-3-2-8-14(16)20-22-17-11-4-5-12-18(17)23-20/h2-12,24H,1H3,(H,22,23). The summed E-state index contributed by atoms with van der Waals surface area (Å²) in [6.45, 7) is 1.56. The first-order valence-electron chi connectivity index (χ1n) is 8.28. The zero-order valence-electron chi connectivity index (χ0n) is 14.4. The first-order chi connectivity index (χ1) is 13.0. The SMILES string of the molecule is Cc1cccc(F)c1S(=O)(=O)Nc1ccccc1-c1nc2ccccc2[nH]1. The number of hydrogen-bond acceptors (Lipinski definition) is 3. The quantitative estimate of drug-likeness (QED) is 0.547. The molecule has 0 saturated heterocycles. The van der Waals surface area contributed by atoms with Gasteiger partial charge in [-0.05, 0) is 42.8 Å². The second kappa shape index (κ2) is 6.51. The Labute approximate surface area is 155 Å². The van der Waals surface area contributed by atoms with Gasteiger partial charge in [-0.1, -0.05) is 36.4 Å². The molecule has 0 aliphatic carbocycles. The summed E-state index contributed by atoms with van der Waals surface area (Å²) in [7, 11) is -4.10. The Balaban J connectivity index is 1.80. The third-order valence-corrected chi connectivity index (χ3v) is 5.79. The number of imidazole rings is 1. The van der Waals surface area contributed by atoms with Crippen LogP contribution in [0.5, 0.6) is 0 Å². The molecule has 0 spiro atoms. The summed E-state index contributed by atoms with van der Waals surface area (Å²) in [6.07, 6.45) is 0. The summed E-state index contributed by atoms with van der Waals surface area (Å²) < 4.78 is 42.3. The van der Waals surface area contributed by atoms with Crippen LogP contribution in [0.2, 0.25) is 0 Å². The zero-order valence-corrected chi connectivity index (χ0v) is 15.2. The molecule has 3 aromatic carbocycles. The van der Waals surface area contributed by atoms with Gasteiger partial charge in [0.05, 0.1) is 16.7 Å². The molecular weight excluding hydrogens is 365 g/mol. The van der Waals surface area contributed by atoms with Crippen molar-refractivity contribution in [2.45, 2.75) is 11.8 Å². The number of nitrogens with one attached hydrogen (secondary N) is 2. The van der Waals surface area contributed by atoms with Crippen molar-refractivity contribution >= 4 is 26.7 Å². The average molecular weight is 381 g/mol. The van der Waals surface area contributed by atoms with Crippen molar-refractivity contribution in [1.82, 2.24) is 9.97 Å². The maximum absolute atomic E-state index is 14.2. The molecule has 0 atom stereocenters. The lowest BCUT2D eigenvalue weighted by Gasteiger charge is -2.13. The largest absolute Gasteiger partial charge is 0.338 e. The van der Waals surface area contributed by atoms with Gasteiger partial charge in [0.15, 0.2) is 0 Å². The number of para-hydroxylation sites is 3. The minimum atomic E-state index is -4.10. The lowest BCUT2D eigenvalue weighted by molar-refractivity contribution is 0.568. The maximum atomic E-state index is 14.2. The van der Waals surface area contributed by atoms with Crippen LogP contribution in [0.3, 0.4) is 0 Å². The van der Waals surface area contributed by atoms with Crippen LogP contribution in [0, 0.1) is 12.7 Å². The number of rotatable bonds is 4. The molecule has 2 N–H and O–H groups in total. The summed E-state index contributed by atoms with van der Waals surface area (Å²) in [6, 6.07) is 18.6. The molecule has 0 unspecified atom stereocenters. The third kappa shape index (κ3) is 3.17. The predicted octanol–water partition coefficient (Wildman–Crippen LogP) is 4.48. The van der Waals surface area contributed by atoms with Gasteiger partial charge in [-0.15, -0.1) is 0 Å². The zero-order chi connectivity index (χ0) is 19.0. The topological polar surface area (TPSA) is 74.8 Å². The number of halogens is 1. The Bertz CT molecular complexity index is 1200. The van der Waals surface area contributed by atoms with Crippen LogP contribution in [0.1, 0.15) is 5.56 Å². The van der Waals surface area contributed by atoms with E-state index in [9.17, 15) is 12.8 Å². The minimum absolute atomic E-state index is 0.319. The molecule has 1 heterocycles. The van der Waals surface area contributed by atoms with Crippen molar-refractivity contribution in [2.75, 3.05) is 4.72 Å². The Kier molecular flexibility index (Phi) is 4.16. The Morgan fingerprint density at radius 3 is 2.48 bits per heavy atom.